The van der Waals surface area contributed by atoms with Crippen molar-refractivity contribution < 1.29 is 9.90 Å². The summed E-state index contributed by atoms with van der Waals surface area (Å²) in [5.74, 6) is 2.32. The van der Waals surface area contributed by atoms with E-state index in [9.17, 15) is 9.90 Å². The zero-order chi connectivity index (χ0) is 13.1. The number of halogens is 1. The van der Waals surface area contributed by atoms with Gasteiger partial charge in [-0.05, 0) is 46.8 Å². The lowest BCUT2D eigenvalue weighted by molar-refractivity contribution is 0.0696. The number of anilines is 1. The molecule has 0 radical (unpaired) electrons. The Morgan fingerprint density at radius 3 is 2.83 bits per heavy atom. The number of benzene rings is 1. The zero-order valence-corrected chi connectivity index (χ0v) is 11.5. The van der Waals surface area contributed by atoms with Crippen molar-refractivity contribution >= 4 is 27.6 Å². The molecule has 0 unspecified atom stereocenters. The maximum absolute atomic E-state index is 11.3. The van der Waals surface area contributed by atoms with Gasteiger partial charge in [-0.2, -0.15) is 0 Å². The second-order valence-corrected chi connectivity index (χ2v) is 5.32. The van der Waals surface area contributed by atoms with Gasteiger partial charge in [0.2, 0.25) is 0 Å². The van der Waals surface area contributed by atoms with Gasteiger partial charge in [-0.3, -0.25) is 0 Å². The van der Waals surface area contributed by atoms with Crippen LogP contribution < -0.4 is 4.90 Å². The highest BCUT2D eigenvalue weighted by atomic mass is 79.9. The average molecular weight is 308 g/mol. The minimum atomic E-state index is -0.935. The highest BCUT2D eigenvalue weighted by molar-refractivity contribution is 9.10. The van der Waals surface area contributed by atoms with Gasteiger partial charge in [0.1, 0.15) is 0 Å². The molecule has 1 saturated carbocycles. The molecule has 1 aliphatic rings. The largest absolute Gasteiger partial charge is 0.478 e. The number of nitrogens with zero attached hydrogens (tertiary/aromatic N) is 1. The second kappa shape index (κ2) is 5.45. The molecule has 0 saturated heterocycles. The molecule has 1 fully saturated rings. The number of carbonyl (C=O) groups is 1. The summed E-state index contributed by atoms with van der Waals surface area (Å²) in [5, 5.41) is 9.31. The van der Waals surface area contributed by atoms with E-state index >= 15 is 0 Å². The van der Waals surface area contributed by atoms with Gasteiger partial charge in [-0.25, -0.2) is 4.79 Å². The number of carboxylic acid groups (broad SMARTS) is 1. The standard InChI is InChI=1S/C14H14BrNO2/c1-2-8-16(9-10-6-7-10)12-5-3-4-11(15)13(12)14(17)18/h1,3-5,10H,6-9H2,(H,17,18). The maximum atomic E-state index is 11.3. The number of carboxylic acids is 1. The molecule has 1 aromatic rings. The molecule has 0 heterocycles. The van der Waals surface area contributed by atoms with Crippen LogP contribution in [0.1, 0.15) is 23.2 Å². The van der Waals surface area contributed by atoms with Crippen LogP contribution in [0.25, 0.3) is 0 Å². The molecule has 4 heteroatoms. The van der Waals surface area contributed by atoms with Crippen LogP contribution in [0.2, 0.25) is 0 Å². The molecule has 0 bridgehead atoms. The fourth-order valence-electron chi connectivity index (χ4n) is 1.96. The third-order valence-electron chi connectivity index (χ3n) is 3.00. The third-order valence-corrected chi connectivity index (χ3v) is 3.66. The minimum absolute atomic E-state index is 0.286. The van der Waals surface area contributed by atoms with E-state index in [0.29, 0.717) is 22.6 Å². The van der Waals surface area contributed by atoms with Crippen LogP contribution in [0.3, 0.4) is 0 Å². The molecule has 1 aliphatic carbocycles. The van der Waals surface area contributed by atoms with Gasteiger partial charge in [0.25, 0.3) is 0 Å². The van der Waals surface area contributed by atoms with Gasteiger partial charge >= 0.3 is 5.97 Å². The van der Waals surface area contributed by atoms with Crippen molar-refractivity contribution in [2.24, 2.45) is 5.92 Å². The zero-order valence-electron chi connectivity index (χ0n) is 9.90. The Labute approximate surface area is 115 Å². The summed E-state index contributed by atoms with van der Waals surface area (Å²) in [4.78, 5) is 13.3. The van der Waals surface area contributed by atoms with E-state index in [1.807, 2.05) is 17.0 Å². The van der Waals surface area contributed by atoms with Gasteiger partial charge < -0.3 is 10.0 Å². The predicted molar refractivity (Wildman–Crippen MR) is 74.9 cm³/mol. The smallest absolute Gasteiger partial charge is 0.338 e. The number of terminal acetylenes is 1. The van der Waals surface area contributed by atoms with Crippen molar-refractivity contribution in [1.82, 2.24) is 0 Å². The first-order valence-electron chi connectivity index (χ1n) is 5.83. The van der Waals surface area contributed by atoms with E-state index in [0.717, 1.165) is 6.54 Å². The van der Waals surface area contributed by atoms with E-state index in [2.05, 4.69) is 21.9 Å². The summed E-state index contributed by atoms with van der Waals surface area (Å²) in [6.45, 7) is 1.27. The van der Waals surface area contributed by atoms with Gasteiger partial charge in [-0.1, -0.05) is 12.0 Å². The van der Waals surface area contributed by atoms with Crippen LogP contribution in [0, 0.1) is 18.3 Å². The summed E-state index contributed by atoms with van der Waals surface area (Å²) in [5.41, 5.74) is 0.982. The lowest BCUT2D eigenvalue weighted by Gasteiger charge is -2.24. The molecule has 0 aliphatic heterocycles. The topological polar surface area (TPSA) is 40.5 Å². The van der Waals surface area contributed by atoms with E-state index in [1.54, 1.807) is 6.07 Å². The molecule has 0 spiro atoms. The Bertz CT molecular complexity index is 503. The molecule has 1 N–H and O–H groups in total. The van der Waals surface area contributed by atoms with Gasteiger partial charge in [0.05, 0.1) is 17.8 Å². The van der Waals surface area contributed by atoms with E-state index in [-0.39, 0.29) is 5.56 Å². The van der Waals surface area contributed by atoms with Gasteiger partial charge in [0.15, 0.2) is 0 Å². The maximum Gasteiger partial charge on any atom is 0.338 e. The number of aromatic carboxylic acids is 1. The first kappa shape index (κ1) is 13.0. The Kier molecular flexibility index (Phi) is 3.93. The summed E-state index contributed by atoms with van der Waals surface area (Å²) >= 11 is 3.29. The van der Waals surface area contributed by atoms with Crippen LogP contribution in [0.4, 0.5) is 5.69 Å². The molecule has 94 valence electrons. The predicted octanol–water partition coefficient (Wildman–Crippen LogP) is 3.00. The lowest BCUT2D eigenvalue weighted by atomic mass is 10.1. The van der Waals surface area contributed by atoms with Crippen molar-refractivity contribution in [3.05, 3.63) is 28.2 Å². The van der Waals surface area contributed by atoms with Crippen LogP contribution in [0.5, 0.6) is 0 Å². The number of hydrogen-bond acceptors (Lipinski definition) is 2. The molecule has 0 amide bonds. The molecule has 2 rings (SSSR count). The van der Waals surface area contributed by atoms with E-state index in [4.69, 9.17) is 6.42 Å². The molecule has 0 aromatic heterocycles. The number of rotatable bonds is 5. The third kappa shape index (κ3) is 2.85. The monoisotopic (exact) mass is 307 g/mol. The van der Waals surface area contributed by atoms with E-state index < -0.39 is 5.97 Å². The molecule has 3 nitrogen and oxygen atoms in total. The van der Waals surface area contributed by atoms with Crippen molar-refractivity contribution in [1.29, 1.82) is 0 Å². The summed E-state index contributed by atoms with van der Waals surface area (Å²) in [6.07, 6.45) is 7.79. The van der Waals surface area contributed by atoms with Gasteiger partial charge in [-0.15, -0.1) is 6.42 Å². The van der Waals surface area contributed by atoms with E-state index in [1.165, 1.54) is 12.8 Å². The molecular weight excluding hydrogens is 294 g/mol. The van der Waals surface area contributed by atoms with Crippen LogP contribution in [-0.4, -0.2) is 24.2 Å². The Morgan fingerprint density at radius 2 is 2.28 bits per heavy atom. The first-order valence-corrected chi connectivity index (χ1v) is 6.63. The quantitative estimate of drug-likeness (QED) is 0.850. The first-order chi connectivity index (χ1) is 8.63. The fourth-order valence-corrected chi connectivity index (χ4v) is 2.48. The second-order valence-electron chi connectivity index (χ2n) is 4.47. The normalized spacial score (nSPS) is 14.0. The Balaban J connectivity index is 2.36. The Morgan fingerprint density at radius 1 is 1.56 bits per heavy atom. The summed E-state index contributed by atoms with van der Waals surface area (Å²) < 4.78 is 0.588. The molecule has 18 heavy (non-hydrogen) atoms. The van der Waals surface area contributed by atoms with Crippen molar-refractivity contribution in [2.75, 3.05) is 18.0 Å². The number of hydrogen-bond donors (Lipinski definition) is 1. The van der Waals surface area contributed by atoms with Crippen molar-refractivity contribution in [3.63, 3.8) is 0 Å². The average Bonchev–Trinajstić information content (AvgIpc) is 3.11. The summed E-state index contributed by atoms with van der Waals surface area (Å²) in [7, 11) is 0. The van der Waals surface area contributed by atoms with Gasteiger partial charge in [0, 0.05) is 11.0 Å². The van der Waals surface area contributed by atoms with Crippen LogP contribution in [-0.2, 0) is 0 Å². The molecule has 1 aromatic carbocycles. The van der Waals surface area contributed by atoms with Crippen LogP contribution in [0.15, 0.2) is 22.7 Å². The molecule has 0 atom stereocenters. The van der Waals surface area contributed by atoms with Crippen LogP contribution >= 0.6 is 15.9 Å². The SMILES string of the molecule is C#CCN(CC1CC1)c1cccc(Br)c1C(=O)O. The highest BCUT2D eigenvalue weighted by Crippen LogP contribution is 2.34. The Hall–Kier alpha value is -1.47. The fraction of sp³-hybridized carbons (Fsp3) is 0.357. The molecular formula is C14H14BrNO2. The van der Waals surface area contributed by atoms with Crippen molar-refractivity contribution in [2.45, 2.75) is 12.8 Å². The highest BCUT2D eigenvalue weighted by Gasteiger charge is 2.26. The van der Waals surface area contributed by atoms with Crippen molar-refractivity contribution in [3.8, 4) is 12.3 Å². The summed E-state index contributed by atoms with van der Waals surface area (Å²) in [6, 6.07) is 5.38. The lowest BCUT2D eigenvalue weighted by Crippen LogP contribution is -2.28. The minimum Gasteiger partial charge on any atom is -0.478 e.